The second kappa shape index (κ2) is 5.43. The Bertz CT molecular complexity index is 883. The molecule has 3 nitrogen and oxygen atoms in total. The second-order valence-electron chi connectivity index (χ2n) is 4.73. The van der Waals surface area contributed by atoms with Gasteiger partial charge in [0.1, 0.15) is 11.1 Å². The molecule has 0 aliphatic rings. The van der Waals surface area contributed by atoms with Crippen LogP contribution in [-0.2, 0) is 0 Å². The van der Waals surface area contributed by atoms with Crippen molar-refractivity contribution in [3.05, 3.63) is 63.4 Å². The van der Waals surface area contributed by atoms with E-state index in [-0.39, 0.29) is 0 Å². The molecule has 0 fully saturated rings. The Morgan fingerprint density at radius 2 is 1.76 bits per heavy atom. The highest BCUT2D eigenvalue weighted by Crippen LogP contribution is 2.29. The van der Waals surface area contributed by atoms with E-state index in [0.717, 1.165) is 11.1 Å². The van der Waals surface area contributed by atoms with E-state index >= 15 is 0 Å². The number of fused-ring (bicyclic) bond motifs is 1. The molecule has 0 spiro atoms. The van der Waals surface area contributed by atoms with Crippen molar-refractivity contribution in [1.82, 2.24) is 0 Å². The number of aryl methyl sites for hydroxylation is 1. The summed E-state index contributed by atoms with van der Waals surface area (Å²) in [6, 6.07) is 12.7. The van der Waals surface area contributed by atoms with E-state index in [1.54, 1.807) is 18.2 Å². The lowest BCUT2D eigenvalue weighted by Crippen LogP contribution is -2.03. The van der Waals surface area contributed by atoms with Gasteiger partial charge in [-0.25, -0.2) is 0 Å². The molecule has 0 saturated heterocycles. The van der Waals surface area contributed by atoms with Crippen LogP contribution in [0.1, 0.15) is 5.56 Å². The summed E-state index contributed by atoms with van der Waals surface area (Å²) in [7, 11) is 0. The molecule has 0 amide bonds. The van der Waals surface area contributed by atoms with Gasteiger partial charge in [0, 0.05) is 22.0 Å². The fraction of sp³-hybridized carbons (Fsp3) is 0.0625. The molecule has 21 heavy (non-hydrogen) atoms. The Balaban J connectivity index is 2.34. The highest BCUT2D eigenvalue weighted by Gasteiger charge is 2.10. The summed E-state index contributed by atoms with van der Waals surface area (Å²) in [5.41, 5.74) is 2.46. The third-order valence-corrected chi connectivity index (χ3v) is 3.71. The van der Waals surface area contributed by atoms with Crippen LogP contribution in [0, 0.1) is 6.92 Å². The van der Waals surface area contributed by atoms with Crippen molar-refractivity contribution < 1.29 is 9.62 Å². The molecule has 0 saturated carbocycles. The van der Waals surface area contributed by atoms with E-state index in [9.17, 15) is 5.21 Å². The van der Waals surface area contributed by atoms with E-state index in [1.165, 1.54) is 0 Å². The van der Waals surface area contributed by atoms with E-state index in [4.69, 9.17) is 27.6 Å². The van der Waals surface area contributed by atoms with E-state index < -0.39 is 0 Å². The van der Waals surface area contributed by atoms with Gasteiger partial charge in [-0.3, -0.25) is 0 Å². The minimum absolute atomic E-state index is 0.358. The van der Waals surface area contributed by atoms with Crippen molar-refractivity contribution in [2.45, 2.75) is 6.92 Å². The lowest BCUT2D eigenvalue weighted by atomic mass is 10.1. The summed E-state index contributed by atoms with van der Waals surface area (Å²) in [4.78, 5) is 0. The van der Waals surface area contributed by atoms with Crippen molar-refractivity contribution in [3.8, 4) is 11.3 Å². The fourth-order valence-corrected chi connectivity index (χ4v) is 2.67. The maximum atomic E-state index is 9.23. The molecule has 2 aromatic carbocycles. The first-order chi connectivity index (χ1) is 10.1. The van der Waals surface area contributed by atoms with Crippen LogP contribution in [-0.4, -0.2) is 5.21 Å². The molecule has 1 aromatic heterocycles. The van der Waals surface area contributed by atoms with Gasteiger partial charge in [-0.15, -0.1) is 0 Å². The highest BCUT2D eigenvalue weighted by atomic mass is 35.5. The predicted molar refractivity (Wildman–Crippen MR) is 83.8 cm³/mol. The van der Waals surface area contributed by atoms with Gasteiger partial charge in [-0.2, -0.15) is 0 Å². The number of halogens is 2. The minimum atomic E-state index is 0.358. The van der Waals surface area contributed by atoms with Crippen LogP contribution < -0.4 is 5.36 Å². The molecule has 0 bridgehead atoms. The van der Waals surface area contributed by atoms with Crippen molar-refractivity contribution in [2.75, 3.05) is 0 Å². The Morgan fingerprint density at radius 3 is 2.43 bits per heavy atom. The normalized spacial score (nSPS) is 12.0. The topological polar surface area (TPSA) is 45.7 Å². The van der Waals surface area contributed by atoms with Crippen LogP contribution in [0.15, 0.2) is 52.0 Å². The third-order valence-electron chi connectivity index (χ3n) is 3.21. The highest BCUT2D eigenvalue weighted by molar-refractivity contribution is 6.38. The first-order valence-electron chi connectivity index (χ1n) is 6.26. The fourth-order valence-electron chi connectivity index (χ4n) is 2.14. The average molecular weight is 320 g/mol. The molecular weight excluding hydrogens is 309 g/mol. The van der Waals surface area contributed by atoms with Crippen LogP contribution in [0.5, 0.6) is 0 Å². The predicted octanol–water partition coefficient (Wildman–Crippen LogP) is 5.00. The minimum Gasteiger partial charge on any atom is -0.454 e. The Labute approximate surface area is 131 Å². The summed E-state index contributed by atoms with van der Waals surface area (Å²) in [5, 5.41) is 14.3. The van der Waals surface area contributed by atoms with Gasteiger partial charge in [0.2, 0.25) is 0 Å². The van der Waals surface area contributed by atoms with E-state index in [2.05, 4.69) is 5.16 Å². The van der Waals surface area contributed by atoms with Gasteiger partial charge < -0.3 is 9.62 Å². The van der Waals surface area contributed by atoms with Crippen LogP contribution in [0.2, 0.25) is 10.0 Å². The lowest BCUT2D eigenvalue weighted by Gasteiger charge is -2.06. The molecule has 0 aliphatic heterocycles. The maximum absolute atomic E-state index is 9.23. The summed E-state index contributed by atoms with van der Waals surface area (Å²) in [6.07, 6.45) is 0. The molecule has 1 N–H and O–H groups in total. The zero-order valence-corrected chi connectivity index (χ0v) is 12.6. The second-order valence-corrected chi connectivity index (χ2v) is 5.57. The zero-order chi connectivity index (χ0) is 15.0. The SMILES string of the molecule is Cc1ccc(-c2c/c(=N/O)c3cc(Cl)cc(Cl)c3o2)cc1. The van der Waals surface area contributed by atoms with E-state index in [0.29, 0.717) is 32.1 Å². The molecule has 3 aromatic rings. The van der Waals surface area contributed by atoms with Gasteiger partial charge in [-0.1, -0.05) is 58.2 Å². The van der Waals surface area contributed by atoms with Crippen molar-refractivity contribution >= 4 is 34.2 Å². The summed E-state index contributed by atoms with van der Waals surface area (Å²) >= 11 is 12.2. The Hall–Kier alpha value is -1.97. The average Bonchev–Trinajstić information content (AvgIpc) is 2.47. The Morgan fingerprint density at radius 1 is 1.05 bits per heavy atom. The van der Waals surface area contributed by atoms with Crippen LogP contribution >= 0.6 is 23.2 Å². The smallest absolute Gasteiger partial charge is 0.155 e. The summed E-state index contributed by atoms with van der Waals surface area (Å²) in [6.45, 7) is 2.01. The molecule has 0 atom stereocenters. The maximum Gasteiger partial charge on any atom is 0.155 e. The van der Waals surface area contributed by atoms with Crippen LogP contribution in [0.4, 0.5) is 0 Å². The lowest BCUT2D eigenvalue weighted by molar-refractivity contribution is 0.302. The molecule has 5 heteroatoms. The third kappa shape index (κ3) is 2.62. The van der Waals surface area contributed by atoms with Gasteiger partial charge in [0.05, 0.1) is 5.02 Å². The number of hydrogen-bond acceptors (Lipinski definition) is 3. The number of hydrogen-bond donors (Lipinski definition) is 1. The van der Waals surface area contributed by atoms with Gasteiger partial charge >= 0.3 is 0 Å². The largest absolute Gasteiger partial charge is 0.454 e. The molecule has 106 valence electrons. The molecule has 1 heterocycles. The molecule has 0 unspecified atom stereocenters. The number of nitrogens with zero attached hydrogens (tertiary/aromatic N) is 1. The molecule has 3 rings (SSSR count). The van der Waals surface area contributed by atoms with Crippen molar-refractivity contribution in [2.24, 2.45) is 5.16 Å². The van der Waals surface area contributed by atoms with Crippen LogP contribution in [0.3, 0.4) is 0 Å². The van der Waals surface area contributed by atoms with Gasteiger partial charge in [-0.05, 0) is 19.1 Å². The zero-order valence-electron chi connectivity index (χ0n) is 11.1. The number of benzene rings is 2. The molecule has 0 aliphatic carbocycles. The first kappa shape index (κ1) is 14.0. The monoisotopic (exact) mass is 319 g/mol. The number of rotatable bonds is 1. The van der Waals surface area contributed by atoms with Gasteiger partial charge in [0.25, 0.3) is 0 Å². The van der Waals surface area contributed by atoms with Crippen molar-refractivity contribution in [1.29, 1.82) is 0 Å². The van der Waals surface area contributed by atoms with Gasteiger partial charge in [0.15, 0.2) is 5.58 Å². The first-order valence-corrected chi connectivity index (χ1v) is 7.02. The molecular formula is C16H11Cl2NO2. The summed E-state index contributed by atoms with van der Waals surface area (Å²) < 4.78 is 5.85. The van der Waals surface area contributed by atoms with Crippen LogP contribution in [0.25, 0.3) is 22.3 Å². The molecule has 0 radical (unpaired) electrons. The van der Waals surface area contributed by atoms with E-state index in [1.807, 2.05) is 31.2 Å². The quantitative estimate of drug-likeness (QED) is 0.506. The standard InChI is InChI=1S/C16H11Cl2NO2/c1-9-2-4-10(5-3-9)15-8-14(19-20)12-6-11(17)7-13(18)16(12)21-15/h2-8,20H,1H3/b19-14-. The Kier molecular flexibility index (Phi) is 3.62. The summed E-state index contributed by atoms with van der Waals surface area (Å²) in [5.74, 6) is 0.569. The van der Waals surface area contributed by atoms with Crippen molar-refractivity contribution in [3.63, 3.8) is 0 Å².